The first kappa shape index (κ1) is 31.7. The van der Waals surface area contributed by atoms with Gasteiger partial charge in [-0.05, 0) is 44.0 Å². The predicted molar refractivity (Wildman–Crippen MR) is 165 cm³/mol. The van der Waals surface area contributed by atoms with E-state index >= 15 is 0 Å². The Morgan fingerprint density at radius 2 is 1.85 bits per heavy atom. The van der Waals surface area contributed by atoms with Gasteiger partial charge in [0.25, 0.3) is 5.56 Å². The van der Waals surface area contributed by atoms with Gasteiger partial charge in [-0.15, -0.1) is 0 Å². The van der Waals surface area contributed by atoms with E-state index in [9.17, 15) is 27.2 Å². The van der Waals surface area contributed by atoms with Crippen LogP contribution in [0.15, 0.2) is 53.8 Å². The summed E-state index contributed by atoms with van der Waals surface area (Å²) in [4.78, 5) is 44.3. The van der Waals surface area contributed by atoms with Crippen molar-refractivity contribution in [1.29, 1.82) is 0 Å². The number of likely N-dealkylation sites (N-methyl/N-ethyl adjacent to an activating group) is 1. The zero-order chi connectivity index (χ0) is 32.9. The van der Waals surface area contributed by atoms with Crippen LogP contribution in [-0.2, 0) is 11.0 Å². The van der Waals surface area contributed by atoms with Crippen molar-refractivity contribution < 1.29 is 27.1 Å². The van der Waals surface area contributed by atoms with Gasteiger partial charge in [0, 0.05) is 43.6 Å². The summed E-state index contributed by atoms with van der Waals surface area (Å²) in [5, 5.41) is 0.895. The van der Waals surface area contributed by atoms with Gasteiger partial charge in [-0.3, -0.25) is 19.1 Å². The van der Waals surface area contributed by atoms with Crippen LogP contribution in [0.25, 0.3) is 27.5 Å². The fraction of sp³-hybridized carbons (Fsp3) is 0.387. The van der Waals surface area contributed by atoms with E-state index in [1.165, 1.54) is 24.3 Å². The first-order valence-electron chi connectivity index (χ1n) is 14.6. The summed E-state index contributed by atoms with van der Waals surface area (Å²) in [6, 6.07) is 8.39. The average molecular weight is 660 g/mol. The number of fused-ring (bicyclic) bond motifs is 2. The highest BCUT2D eigenvalue weighted by atomic mass is 35.5. The summed E-state index contributed by atoms with van der Waals surface area (Å²) >= 11 is 6.45. The highest BCUT2D eigenvalue weighted by molar-refractivity contribution is 6.36. The van der Waals surface area contributed by atoms with Crippen molar-refractivity contribution in [2.75, 3.05) is 44.7 Å². The molecule has 10 nitrogen and oxygen atoms in total. The van der Waals surface area contributed by atoms with Gasteiger partial charge in [0.15, 0.2) is 11.3 Å². The quantitative estimate of drug-likeness (QED) is 0.218. The third kappa shape index (κ3) is 5.75. The lowest BCUT2D eigenvalue weighted by atomic mass is 10.1. The molecule has 3 atom stereocenters. The van der Waals surface area contributed by atoms with Crippen LogP contribution in [0.4, 0.5) is 23.4 Å². The summed E-state index contributed by atoms with van der Waals surface area (Å²) in [5.74, 6) is -1.82. The standard InChI is InChI=1S/C31H30ClF4N7O3/c1-4-23(44)41-11-12-42(17(2)14-41)27-25-26(38-30(39-27)46-16-20-13-19(33)15-40(20)3)28(45)43(29(37-25)31(34,35)36)22-10-6-8-18-7-5-9-21(32)24(18)22/h4-10,17,19-20H,1,11-16H2,2-3H3/t17-,19+,20-/m0/s1. The minimum atomic E-state index is -5.07. The molecule has 0 spiro atoms. The lowest BCUT2D eigenvalue weighted by Gasteiger charge is -2.40. The van der Waals surface area contributed by atoms with Crippen LogP contribution in [0, 0.1) is 0 Å². The molecule has 1 amide bonds. The highest BCUT2D eigenvalue weighted by Gasteiger charge is 2.40. The van der Waals surface area contributed by atoms with Crippen molar-refractivity contribution >= 4 is 45.1 Å². The summed E-state index contributed by atoms with van der Waals surface area (Å²) in [6.07, 6.45) is -4.69. The summed E-state index contributed by atoms with van der Waals surface area (Å²) in [6.45, 7) is 6.12. The Labute approximate surface area is 265 Å². The number of carbonyl (C=O) groups is 1. The molecule has 46 heavy (non-hydrogen) atoms. The molecule has 4 aromatic rings. The third-order valence-electron chi connectivity index (χ3n) is 8.43. The fourth-order valence-corrected chi connectivity index (χ4v) is 6.43. The lowest BCUT2D eigenvalue weighted by Crippen LogP contribution is -2.53. The van der Waals surface area contributed by atoms with Crippen LogP contribution in [0.2, 0.25) is 5.02 Å². The fourth-order valence-electron chi connectivity index (χ4n) is 6.15. The second-order valence-electron chi connectivity index (χ2n) is 11.5. The van der Waals surface area contributed by atoms with Crippen LogP contribution < -0.4 is 15.2 Å². The molecule has 0 saturated carbocycles. The summed E-state index contributed by atoms with van der Waals surface area (Å²) in [7, 11) is 1.75. The molecule has 242 valence electrons. The van der Waals surface area contributed by atoms with Crippen LogP contribution in [-0.4, -0.2) is 93.3 Å². The van der Waals surface area contributed by atoms with Crippen LogP contribution in [0.5, 0.6) is 6.01 Å². The van der Waals surface area contributed by atoms with Gasteiger partial charge < -0.3 is 14.5 Å². The molecule has 15 heteroatoms. The van der Waals surface area contributed by atoms with Crippen molar-refractivity contribution in [3.63, 3.8) is 0 Å². The minimum Gasteiger partial charge on any atom is -0.462 e. The Morgan fingerprint density at radius 1 is 1.11 bits per heavy atom. The monoisotopic (exact) mass is 659 g/mol. The summed E-state index contributed by atoms with van der Waals surface area (Å²) < 4.78 is 64.8. The topological polar surface area (TPSA) is 96.7 Å². The number of carbonyl (C=O) groups excluding carboxylic acids is 1. The second-order valence-corrected chi connectivity index (χ2v) is 11.9. The van der Waals surface area contributed by atoms with E-state index in [4.69, 9.17) is 16.3 Å². The second kappa shape index (κ2) is 12.1. The zero-order valence-corrected chi connectivity index (χ0v) is 25.7. The Hall–Kier alpha value is -4.30. The number of hydrogen-bond donors (Lipinski definition) is 0. The van der Waals surface area contributed by atoms with Crippen molar-refractivity contribution in [3.8, 4) is 11.7 Å². The predicted octanol–water partition coefficient (Wildman–Crippen LogP) is 4.65. The van der Waals surface area contributed by atoms with Gasteiger partial charge in [0.2, 0.25) is 11.7 Å². The molecule has 2 fully saturated rings. The van der Waals surface area contributed by atoms with E-state index < -0.39 is 35.3 Å². The molecule has 6 rings (SSSR count). The molecule has 2 aliphatic rings. The average Bonchev–Trinajstić information content (AvgIpc) is 3.35. The number of amides is 1. The zero-order valence-electron chi connectivity index (χ0n) is 25.0. The van der Waals surface area contributed by atoms with Crippen molar-refractivity contribution in [2.24, 2.45) is 0 Å². The van der Waals surface area contributed by atoms with Gasteiger partial charge in [0.05, 0.1) is 10.7 Å². The molecule has 0 unspecified atom stereocenters. The number of ether oxygens (including phenoxy) is 1. The molecule has 0 bridgehead atoms. The first-order valence-corrected chi connectivity index (χ1v) is 15.0. The van der Waals surface area contributed by atoms with E-state index in [0.29, 0.717) is 9.95 Å². The first-order chi connectivity index (χ1) is 21.9. The van der Waals surface area contributed by atoms with Crippen LogP contribution >= 0.6 is 11.6 Å². The number of anilines is 1. The summed E-state index contributed by atoms with van der Waals surface area (Å²) in [5.41, 5.74) is -2.00. The van der Waals surface area contributed by atoms with Crippen LogP contribution in [0.1, 0.15) is 19.2 Å². The maximum absolute atomic E-state index is 14.8. The number of halogens is 5. The Balaban J connectivity index is 1.57. The molecule has 0 aliphatic carbocycles. The number of benzene rings is 2. The Bertz CT molecular complexity index is 1900. The van der Waals surface area contributed by atoms with E-state index in [1.54, 1.807) is 46.9 Å². The number of aromatic nitrogens is 4. The van der Waals surface area contributed by atoms with Gasteiger partial charge in [0.1, 0.15) is 18.3 Å². The maximum atomic E-state index is 14.8. The molecule has 0 N–H and O–H groups in total. The van der Waals surface area contributed by atoms with Crippen molar-refractivity contribution in [1.82, 2.24) is 29.3 Å². The SMILES string of the molecule is C=CC(=O)N1CCN(c2nc(OC[C@@H]3C[C@@H](F)CN3C)nc3c(=O)n(-c4cccc5cccc(Cl)c45)c(C(F)(F)F)nc23)[C@@H](C)C1. The number of piperazine rings is 1. The van der Waals surface area contributed by atoms with E-state index in [-0.39, 0.29) is 84.6 Å². The normalized spacial score (nSPS) is 20.9. The molecule has 2 saturated heterocycles. The van der Waals surface area contributed by atoms with E-state index in [0.717, 1.165) is 0 Å². The number of nitrogens with zero attached hydrogens (tertiary/aromatic N) is 7. The van der Waals surface area contributed by atoms with Crippen molar-refractivity contribution in [2.45, 2.75) is 37.8 Å². The number of hydrogen-bond acceptors (Lipinski definition) is 8. The molecule has 0 radical (unpaired) electrons. The molecule has 4 heterocycles. The largest absolute Gasteiger partial charge is 0.462 e. The van der Waals surface area contributed by atoms with E-state index in [2.05, 4.69) is 21.5 Å². The third-order valence-corrected chi connectivity index (χ3v) is 8.75. The number of likely N-dealkylation sites (tertiary alicyclic amines) is 1. The number of alkyl halides is 4. The number of rotatable bonds is 6. The van der Waals surface area contributed by atoms with Gasteiger partial charge in [-0.1, -0.05) is 42.4 Å². The highest BCUT2D eigenvalue weighted by Crippen LogP contribution is 2.36. The molecule has 2 aromatic heterocycles. The van der Waals surface area contributed by atoms with Gasteiger partial charge >= 0.3 is 12.2 Å². The Kier molecular flexibility index (Phi) is 8.36. The molecule has 2 aliphatic heterocycles. The van der Waals surface area contributed by atoms with E-state index in [1.807, 2.05) is 0 Å². The van der Waals surface area contributed by atoms with Gasteiger partial charge in [-0.25, -0.2) is 9.37 Å². The maximum Gasteiger partial charge on any atom is 0.450 e. The van der Waals surface area contributed by atoms with Gasteiger partial charge in [-0.2, -0.15) is 23.1 Å². The van der Waals surface area contributed by atoms with Crippen molar-refractivity contribution in [3.05, 3.63) is 70.3 Å². The smallest absolute Gasteiger partial charge is 0.450 e. The van der Waals surface area contributed by atoms with Crippen LogP contribution in [0.3, 0.4) is 0 Å². The lowest BCUT2D eigenvalue weighted by molar-refractivity contribution is -0.146. The molecule has 2 aromatic carbocycles. The molecular weight excluding hydrogens is 630 g/mol. The minimum absolute atomic E-state index is 0.0137. The molecular formula is C31H30ClF4N7O3. The Morgan fingerprint density at radius 3 is 2.50 bits per heavy atom.